The fourth-order valence-corrected chi connectivity index (χ4v) is 3.50. The van der Waals surface area contributed by atoms with E-state index >= 15 is 0 Å². The molecular weight excluding hydrogens is 437 g/mol. The van der Waals surface area contributed by atoms with E-state index in [9.17, 15) is 4.79 Å². The van der Waals surface area contributed by atoms with Crippen LogP contribution in [-0.4, -0.2) is 52.0 Å². The number of ether oxygens (including phenoxy) is 1. The van der Waals surface area contributed by atoms with Crippen molar-refractivity contribution in [2.24, 2.45) is 0 Å². The quantitative estimate of drug-likeness (QED) is 0.650. The number of halogens is 3. The molecule has 10 heteroatoms. The smallest absolute Gasteiger partial charge is 0.305 e. The summed E-state index contributed by atoms with van der Waals surface area (Å²) in [6.45, 7) is 2.30. The predicted molar refractivity (Wildman–Crippen MR) is 112 cm³/mol. The monoisotopic (exact) mass is 451 g/mol. The molecule has 1 fully saturated rings. The summed E-state index contributed by atoms with van der Waals surface area (Å²) < 4.78 is 6.85. The zero-order valence-corrected chi connectivity index (χ0v) is 17.4. The Morgan fingerprint density at radius 1 is 1.00 bits per heavy atom. The Morgan fingerprint density at radius 3 is 2.38 bits per heavy atom. The predicted octanol–water partition coefficient (Wildman–Crippen LogP) is 3.87. The first-order valence-electron chi connectivity index (χ1n) is 8.83. The van der Waals surface area contributed by atoms with Gasteiger partial charge in [-0.25, -0.2) is 14.7 Å². The Labute approximate surface area is 182 Å². The molecule has 3 aromatic rings. The maximum absolute atomic E-state index is 12.7. The number of amides is 1. The van der Waals surface area contributed by atoms with E-state index in [2.05, 4.69) is 15.5 Å². The van der Waals surface area contributed by atoms with Crippen LogP contribution in [0.5, 0.6) is 0 Å². The van der Waals surface area contributed by atoms with E-state index < -0.39 is 5.91 Å². The lowest BCUT2D eigenvalue weighted by Gasteiger charge is -2.26. The van der Waals surface area contributed by atoms with Gasteiger partial charge in [0, 0.05) is 28.7 Å². The number of hydrogen-bond acceptors (Lipinski definition) is 5. The summed E-state index contributed by atoms with van der Waals surface area (Å²) in [6, 6.07) is 12.1. The highest BCUT2D eigenvalue weighted by atomic mass is 35.5. The Kier molecular flexibility index (Phi) is 6.03. The van der Waals surface area contributed by atoms with Crippen LogP contribution in [0.2, 0.25) is 15.1 Å². The average Bonchev–Trinajstić information content (AvgIpc) is 3.14. The van der Waals surface area contributed by atoms with Crippen LogP contribution in [0.15, 0.2) is 42.5 Å². The summed E-state index contributed by atoms with van der Waals surface area (Å²) in [5.41, 5.74) is 4.10. The second kappa shape index (κ2) is 8.69. The van der Waals surface area contributed by atoms with E-state index in [1.54, 1.807) is 52.2 Å². The molecule has 0 spiro atoms. The molecule has 0 atom stereocenters. The number of nitrogens with zero attached hydrogens (tertiary/aromatic N) is 4. The first-order chi connectivity index (χ1) is 14.0. The Morgan fingerprint density at radius 2 is 1.69 bits per heavy atom. The van der Waals surface area contributed by atoms with Gasteiger partial charge >= 0.3 is 5.91 Å². The summed E-state index contributed by atoms with van der Waals surface area (Å²) in [6.07, 6.45) is 0. The van der Waals surface area contributed by atoms with Gasteiger partial charge in [0.2, 0.25) is 5.82 Å². The largest absolute Gasteiger partial charge is 0.379 e. The molecule has 150 valence electrons. The van der Waals surface area contributed by atoms with Crippen molar-refractivity contribution in [2.45, 2.75) is 0 Å². The van der Waals surface area contributed by atoms with Crippen molar-refractivity contribution >= 4 is 40.7 Å². The minimum Gasteiger partial charge on any atom is -0.379 e. The zero-order valence-electron chi connectivity index (χ0n) is 15.1. The third kappa shape index (κ3) is 4.55. The maximum atomic E-state index is 12.7. The van der Waals surface area contributed by atoms with Crippen molar-refractivity contribution in [3.63, 3.8) is 0 Å². The summed E-state index contributed by atoms with van der Waals surface area (Å²) in [7, 11) is 0. The molecule has 0 aliphatic carbocycles. The number of rotatable bonds is 4. The molecule has 1 aromatic heterocycles. The first-order valence-corrected chi connectivity index (χ1v) is 9.97. The van der Waals surface area contributed by atoms with Gasteiger partial charge in [0.1, 0.15) is 0 Å². The molecule has 1 N–H and O–H groups in total. The molecule has 0 radical (unpaired) electrons. The van der Waals surface area contributed by atoms with Crippen LogP contribution in [0, 0.1) is 0 Å². The van der Waals surface area contributed by atoms with Crippen LogP contribution >= 0.6 is 34.8 Å². The molecule has 1 aliphatic rings. The third-order valence-corrected chi connectivity index (χ3v) is 5.12. The molecule has 1 amide bonds. The van der Waals surface area contributed by atoms with Crippen molar-refractivity contribution in [3.8, 4) is 17.1 Å². The van der Waals surface area contributed by atoms with Gasteiger partial charge in [0.25, 0.3) is 0 Å². The van der Waals surface area contributed by atoms with Crippen LogP contribution < -0.4 is 5.43 Å². The van der Waals surface area contributed by atoms with Gasteiger partial charge in [-0.1, -0.05) is 34.8 Å². The number of carbonyl (C=O) groups excluding carboxylic acids is 1. The number of morpholine rings is 1. The van der Waals surface area contributed by atoms with Crippen molar-refractivity contribution in [2.75, 3.05) is 26.3 Å². The lowest BCUT2D eigenvalue weighted by molar-refractivity contribution is 0.0123. The number of benzene rings is 2. The van der Waals surface area contributed by atoms with Gasteiger partial charge < -0.3 is 4.74 Å². The molecule has 2 heterocycles. The van der Waals surface area contributed by atoms with Crippen molar-refractivity contribution in [1.29, 1.82) is 0 Å². The fourth-order valence-electron chi connectivity index (χ4n) is 2.88. The highest BCUT2D eigenvalue weighted by molar-refractivity contribution is 6.36. The van der Waals surface area contributed by atoms with Gasteiger partial charge in [0.15, 0.2) is 5.82 Å². The number of hydrogen-bond donors (Lipinski definition) is 1. The standard InChI is InChI=1S/C19H16Cl3N5O2/c20-12-1-4-14(5-2-12)27-18(15-6-3-13(21)11-16(15)22)23-17(24-27)19(28)25-26-7-9-29-10-8-26/h1-6,11H,7-10H2,(H,25,28). The van der Waals surface area contributed by atoms with Crippen LogP contribution in [0.3, 0.4) is 0 Å². The van der Waals surface area contributed by atoms with Gasteiger partial charge in [0.05, 0.1) is 23.9 Å². The van der Waals surface area contributed by atoms with E-state index in [0.29, 0.717) is 58.4 Å². The van der Waals surface area contributed by atoms with Gasteiger partial charge in [-0.2, -0.15) is 0 Å². The van der Waals surface area contributed by atoms with E-state index in [4.69, 9.17) is 39.5 Å². The van der Waals surface area contributed by atoms with Crippen molar-refractivity contribution in [3.05, 3.63) is 63.4 Å². The maximum Gasteiger partial charge on any atom is 0.305 e. The highest BCUT2D eigenvalue weighted by Crippen LogP contribution is 2.31. The molecule has 1 aliphatic heterocycles. The van der Waals surface area contributed by atoms with Crippen molar-refractivity contribution < 1.29 is 9.53 Å². The summed E-state index contributed by atoms with van der Waals surface area (Å²) in [4.78, 5) is 17.2. The fraction of sp³-hybridized carbons (Fsp3) is 0.211. The Bertz CT molecular complexity index is 1030. The molecule has 2 aromatic carbocycles. The lowest BCUT2D eigenvalue weighted by Crippen LogP contribution is -2.48. The molecule has 4 rings (SSSR count). The summed E-state index contributed by atoms with van der Waals surface area (Å²) in [5, 5.41) is 7.69. The first kappa shape index (κ1) is 20.1. The van der Waals surface area contributed by atoms with Crippen LogP contribution in [0.4, 0.5) is 0 Å². The number of aromatic nitrogens is 3. The number of carbonyl (C=O) groups is 1. The van der Waals surface area contributed by atoms with Crippen LogP contribution in [0.25, 0.3) is 17.1 Å². The number of hydrazine groups is 1. The molecular formula is C19H16Cl3N5O2. The second-order valence-electron chi connectivity index (χ2n) is 6.31. The van der Waals surface area contributed by atoms with Crippen LogP contribution in [0.1, 0.15) is 10.6 Å². The molecule has 0 unspecified atom stereocenters. The second-order valence-corrected chi connectivity index (χ2v) is 7.59. The Hall–Kier alpha value is -2.16. The molecule has 29 heavy (non-hydrogen) atoms. The molecule has 0 saturated carbocycles. The Balaban J connectivity index is 1.73. The minimum absolute atomic E-state index is 0.0208. The normalized spacial score (nSPS) is 14.7. The van der Waals surface area contributed by atoms with E-state index in [-0.39, 0.29) is 5.82 Å². The van der Waals surface area contributed by atoms with E-state index in [0.717, 1.165) is 0 Å². The van der Waals surface area contributed by atoms with Crippen LogP contribution in [-0.2, 0) is 4.74 Å². The lowest BCUT2D eigenvalue weighted by atomic mass is 10.2. The van der Waals surface area contributed by atoms with E-state index in [1.165, 1.54) is 0 Å². The van der Waals surface area contributed by atoms with Gasteiger partial charge in [-0.15, -0.1) is 5.10 Å². The third-order valence-electron chi connectivity index (χ3n) is 4.32. The molecule has 7 nitrogen and oxygen atoms in total. The van der Waals surface area contributed by atoms with Gasteiger partial charge in [-0.3, -0.25) is 10.2 Å². The zero-order chi connectivity index (χ0) is 20.4. The number of nitrogens with one attached hydrogen (secondary N) is 1. The SMILES string of the molecule is O=C(NN1CCOCC1)c1nc(-c2ccc(Cl)cc2Cl)n(-c2ccc(Cl)cc2)n1. The van der Waals surface area contributed by atoms with Crippen molar-refractivity contribution in [1.82, 2.24) is 25.2 Å². The minimum atomic E-state index is -0.411. The molecule has 1 saturated heterocycles. The summed E-state index contributed by atoms with van der Waals surface area (Å²) in [5.74, 6) is 0.0273. The highest BCUT2D eigenvalue weighted by Gasteiger charge is 2.22. The average molecular weight is 453 g/mol. The molecule has 0 bridgehead atoms. The van der Waals surface area contributed by atoms with Gasteiger partial charge in [-0.05, 0) is 42.5 Å². The van der Waals surface area contributed by atoms with E-state index in [1.807, 2.05) is 0 Å². The topological polar surface area (TPSA) is 72.3 Å². The summed E-state index contributed by atoms with van der Waals surface area (Å²) >= 11 is 18.4.